The van der Waals surface area contributed by atoms with E-state index in [9.17, 15) is 9.18 Å². The Bertz CT molecular complexity index is 736. The van der Waals surface area contributed by atoms with E-state index in [0.717, 1.165) is 5.56 Å². The average molecular weight is 284 g/mol. The topological polar surface area (TPSA) is 73.1 Å². The van der Waals surface area contributed by atoms with E-state index in [1.54, 1.807) is 31.2 Å². The smallest absolute Gasteiger partial charge is 0.336 e. The Hall–Kier alpha value is -2.87. The first-order chi connectivity index (χ1) is 10.0. The zero-order chi connectivity index (χ0) is 15.4. The van der Waals surface area contributed by atoms with Gasteiger partial charge in [-0.3, -0.25) is 0 Å². The molecule has 2 rings (SSSR count). The Morgan fingerprint density at radius 3 is 2.81 bits per heavy atom. The summed E-state index contributed by atoms with van der Waals surface area (Å²) in [6.07, 6.45) is 0. The lowest BCUT2D eigenvalue weighted by molar-refractivity contribution is 0.0696. The minimum atomic E-state index is -0.982. The molecule has 0 aliphatic carbocycles. The summed E-state index contributed by atoms with van der Waals surface area (Å²) in [7, 11) is 0. The molecule has 0 bridgehead atoms. The van der Waals surface area contributed by atoms with Crippen molar-refractivity contribution in [1.82, 2.24) is 0 Å². The molecule has 0 saturated heterocycles. The Morgan fingerprint density at radius 2 is 2.14 bits per heavy atom. The summed E-state index contributed by atoms with van der Waals surface area (Å²) in [5, 5.41) is 21.0. The van der Waals surface area contributed by atoms with E-state index >= 15 is 0 Å². The standard InChI is InChI=1S/C16H13FN2O2/c1-10-13(16(20)21)3-2-4-15(10)19-9-11-5-6-14(17)12(7-11)8-18/h2-7,19H,9H2,1H3,(H,20,21). The van der Waals surface area contributed by atoms with E-state index in [-0.39, 0.29) is 11.1 Å². The SMILES string of the molecule is Cc1c(NCc2ccc(F)c(C#N)c2)cccc1C(=O)O. The number of nitrogens with one attached hydrogen (secondary N) is 1. The molecule has 0 atom stereocenters. The fourth-order valence-electron chi connectivity index (χ4n) is 2.02. The molecule has 0 aromatic heterocycles. The predicted molar refractivity (Wildman–Crippen MR) is 76.6 cm³/mol. The molecule has 0 aliphatic rings. The maximum atomic E-state index is 13.2. The number of carboxylic acids is 1. The zero-order valence-corrected chi connectivity index (χ0v) is 11.4. The minimum Gasteiger partial charge on any atom is -0.478 e. The number of benzene rings is 2. The van der Waals surface area contributed by atoms with Gasteiger partial charge in [-0.2, -0.15) is 5.26 Å². The molecular weight excluding hydrogens is 271 g/mol. The fourth-order valence-corrected chi connectivity index (χ4v) is 2.02. The van der Waals surface area contributed by atoms with Crippen LogP contribution in [0.15, 0.2) is 36.4 Å². The Kier molecular flexibility index (Phi) is 4.19. The van der Waals surface area contributed by atoms with Gasteiger partial charge in [-0.1, -0.05) is 12.1 Å². The molecular formula is C16H13FN2O2. The summed E-state index contributed by atoms with van der Waals surface area (Å²) in [5.41, 5.74) is 2.29. The van der Waals surface area contributed by atoms with E-state index in [4.69, 9.17) is 10.4 Å². The van der Waals surface area contributed by atoms with Crippen LogP contribution < -0.4 is 5.32 Å². The van der Waals surface area contributed by atoms with Gasteiger partial charge in [-0.15, -0.1) is 0 Å². The van der Waals surface area contributed by atoms with Crippen LogP contribution in [0, 0.1) is 24.1 Å². The van der Waals surface area contributed by atoms with Crippen LogP contribution in [0.5, 0.6) is 0 Å². The van der Waals surface area contributed by atoms with Gasteiger partial charge in [0, 0.05) is 12.2 Å². The van der Waals surface area contributed by atoms with Crippen molar-refractivity contribution in [1.29, 1.82) is 5.26 Å². The van der Waals surface area contributed by atoms with Gasteiger partial charge >= 0.3 is 5.97 Å². The maximum Gasteiger partial charge on any atom is 0.336 e. The van der Waals surface area contributed by atoms with E-state index in [2.05, 4.69) is 5.32 Å². The molecule has 4 nitrogen and oxygen atoms in total. The third-order valence-corrected chi connectivity index (χ3v) is 3.20. The molecule has 0 heterocycles. The van der Waals surface area contributed by atoms with Crippen molar-refractivity contribution in [3.63, 3.8) is 0 Å². The number of halogens is 1. The highest BCUT2D eigenvalue weighted by Crippen LogP contribution is 2.20. The summed E-state index contributed by atoms with van der Waals surface area (Å²) in [6, 6.07) is 11.1. The van der Waals surface area contributed by atoms with Crippen LogP contribution in [0.1, 0.15) is 27.0 Å². The molecule has 2 aromatic rings. The second-order valence-electron chi connectivity index (χ2n) is 4.56. The summed E-state index contributed by atoms with van der Waals surface area (Å²) in [6.45, 7) is 2.09. The Labute approximate surface area is 121 Å². The predicted octanol–water partition coefficient (Wildman–Crippen LogP) is 3.32. The number of rotatable bonds is 4. The van der Waals surface area contributed by atoms with Crippen LogP contribution in [-0.4, -0.2) is 11.1 Å². The van der Waals surface area contributed by atoms with Crippen molar-refractivity contribution in [2.45, 2.75) is 13.5 Å². The number of hydrogen-bond donors (Lipinski definition) is 2. The highest BCUT2D eigenvalue weighted by atomic mass is 19.1. The number of nitriles is 1. The summed E-state index contributed by atoms with van der Waals surface area (Å²) >= 11 is 0. The quantitative estimate of drug-likeness (QED) is 0.903. The third-order valence-electron chi connectivity index (χ3n) is 3.20. The highest BCUT2D eigenvalue weighted by molar-refractivity contribution is 5.91. The van der Waals surface area contributed by atoms with Crippen LogP contribution in [0.3, 0.4) is 0 Å². The molecule has 0 radical (unpaired) electrons. The van der Waals surface area contributed by atoms with Gasteiger partial charge in [-0.25, -0.2) is 9.18 Å². The number of carboxylic acid groups (broad SMARTS) is 1. The van der Waals surface area contributed by atoms with E-state index < -0.39 is 11.8 Å². The van der Waals surface area contributed by atoms with E-state index in [1.165, 1.54) is 18.2 Å². The number of hydrogen-bond acceptors (Lipinski definition) is 3. The van der Waals surface area contributed by atoms with Gasteiger partial charge in [0.25, 0.3) is 0 Å². The average Bonchev–Trinajstić information content (AvgIpc) is 2.47. The van der Waals surface area contributed by atoms with Crippen molar-refractivity contribution in [3.05, 3.63) is 64.5 Å². The molecule has 0 unspecified atom stereocenters. The number of carbonyl (C=O) groups is 1. The lowest BCUT2D eigenvalue weighted by Gasteiger charge is -2.11. The molecule has 0 spiro atoms. The van der Waals surface area contributed by atoms with Gasteiger partial charge in [0.2, 0.25) is 0 Å². The van der Waals surface area contributed by atoms with Crippen molar-refractivity contribution in [3.8, 4) is 6.07 Å². The zero-order valence-electron chi connectivity index (χ0n) is 11.4. The molecule has 0 aliphatic heterocycles. The first kappa shape index (κ1) is 14.5. The Morgan fingerprint density at radius 1 is 1.38 bits per heavy atom. The van der Waals surface area contributed by atoms with Crippen molar-refractivity contribution >= 4 is 11.7 Å². The van der Waals surface area contributed by atoms with Crippen LogP contribution in [0.25, 0.3) is 0 Å². The molecule has 0 amide bonds. The molecule has 2 aromatic carbocycles. The summed E-state index contributed by atoms with van der Waals surface area (Å²) in [5.74, 6) is -1.53. The first-order valence-electron chi connectivity index (χ1n) is 6.28. The van der Waals surface area contributed by atoms with Gasteiger partial charge in [-0.05, 0) is 42.3 Å². The van der Waals surface area contributed by atoms with Crippen LogP contribution >= 0.6 is 0 Å². The molecule has 0 fully saturated rings. The minimum absolute atomic E-state index is 0.00897. The highest BCUT2D eigenvalue weighted by Gasteiger charge is 2.10. The van der Waals surface area contributed by atoms with Crippen molar-refractivity contribution in [2.75, 3.05) is 5.32 Å². The van der Waals surface area contributed by atoms with Gasteiger partial charge in [0.1, 0.15) is 11.9 Å². The molecule has 21 heavy (non-hydrogen) atoms. The third kappa shape index (κ3) is 3.18. The molecule has 2 N–H and O–H groups in total. The van der Waals surface area contributed by atoms with Gasteiger partial charge in [0.15, 0.2) is 0 Å². The second kappa shape index (κ2) is 6.06. The maximum absolute atomic E-state index is 13.2. The molecule has 0 saturated carbocycles. The van der Waals surface area contributed by atoms with Crippen LogP contribution in [-0.2, 0) is 6.54 Å². The molecule has 106 valence electrons. The number of aromatic carboxylic acids is 1. The lowest BCUT2D eigenvalue weighted by atomic mass is 10.1. The van der Waals surface area contributed by atoms with E-state index in [1.807, 2.05) is 0 Å². The van der Waals surface area contributed by atoms with Gasteiger partial charge in [0.05, 0.1) is 11.1 Å². The van der Waals surface area contributed by atoms with Crippen molar-refractivity contribution in [2.24, 2.45) is 0 Å². The van der Waals surface area contributed by atoms with Crippen LogP contribution in [0.2, 0.25) is 0 Å². The second-order valence-corrected chi connectivity index (χ2v) is 4.56. The summed E-state index contributed by atoms with van der Waals surface area (Å²) < 4.78 is 13.2. The monoisotopic (exact) mass is 284 g/mol. The Balaban J connectivity index is 2.19. The van der Waals surface area contributed by atoms with Crippen molar-refractivity contribution < 1.29 is 14.3 Å². The molecule has 5 heteroatoms. The number of nitrogens with zero attached hydrogens (tertiary/aromatic N) is 1. The van der Waals surface area contributed by atoms with Crippen LogP contribution in [0.4, 0.5) is 10.1 Å². The normalized spacial score (nSPS) is 9.95. The fraction of sp³-hybridized carbons (Fsp3) is 0.125. The lowest BCUT2D eigenvalue weighted by Crippen LogP contribution is -2.06. The first-order valence-corrected chi connectivity index (χ1v) is 6.28. The van der Waals surface area contributed by atoms with E-state index in [0.29, 0.717) is 17.8 Å². The largest absolute Gasteiger partial charge is 0.478 e. The summed E-state index contributed by atoms with van der Waals surface area (Å²) in [4.78, 5) is 11.1. The van der Waals surface area contributed by atoms with Gasteiger partial charge < -0.3 is 10.4 Å². The number of anilines is 1.